The van der Waals surface area contributed by atoms with Crippen molar-refractivity contribution in [2.75, 3.05) is 6.61 Å². The van der Waals surface area contributed by atoms with Gasteiger partial charge in [0.1, 0.15) is 18.2 Å². The van der Waals surface area contributed by atoms with Gasteiger partial charge in [-0.1, -0.05) is 33.2 Å². The van der Waals surface area contributed by atoms with Crippen molar-refractivity contribution in [3.05, 3.63) is 81.3 Å². The predicted molar refractivity (Wildman–Crippen MR) is 120 cm³/mol. The first kappa shape index (κ1) is 23.0. The molecule has 0 aliphatic carbocycles. The molecule has 0 bridgehead atoms. The van der Waals surface area contributed by atoms with Gasteiger partial charge in [0.2, 0.25) is 0 Å². The van der Waals surface area contributed by atoms with Gasteiger partial charge in [0.15, 0.2) is 17.3 Å². The molecule has 2 aromatic carbocycles. The third-order valence-corrected chi connectivity index (χ3v) is 5.53. The average Bonchev–Trinajstić information content (AvgIpc) is 2.77. The maximum atomic E-state index is 13.1. The third kappa shape index (κ3) is 5.62. The number of amidine groups is 1. The van der Waals surface area contributed by atoms with Crippen molar-refractivity contribution in [2.45, 2.75) is 32.5 Å². The van der Waals surface area contributed by atoms with Gasteiger partial charge < -0.3 is 14.9 Å². The zero-order valence-corrected chi connectivity index (χ0v) is 19.4. The van der Waals surface area contributed by atoms with Crippen LogP contribution in [0.3, 0.4) is 0 Å². The highest BCUT2D eigenvalue weighted by atomic mass is 79.9. The second-order valence-corrected chi connectivity index (χ2v) is 8.53. The van der Waals surface area contributed by atoms with Crippen LogP contribution in [-0.4, -0.2) is 28.5 Å². The SMILES string of the molecule is Cc1ncc(Oc2cccc(C(F)(F)F)c2)c(C2=NOCC(Cc3ccc(Br)cc3C)N2)n1. The average molecular weight is 521 g/mol. The summed E-state index contributed by atoms with van der Waals surface area (Å²) in [4.78, 5) is 14.0. The van der Waals surface area contributed by atoms with E-state index in [2.05, 4.69) is 36.4 Å². The summed E-state index contributed by atoms with van der Waals surface area (Å²) in [5, 5.41) is 7.39. The topological polar surface area (TPSA) is 68.6 Å². The number of oxime groups is 1. The van der Waals surface area contributed by atoms with Gasteiger partial charge >= 0.3 is 6.18 Å². The number of hydrogen-bond donors (Lipinski definition) is 1. The number of halogens is 4. The van der Waals surface area contributed by atoms with Crippen LogP contribution in [0.5, 0.6) is 11.5 Å². The number of aromatic nitrogens is 2. The van der Waals surface area contributed by atoms with E-state index in [4.69, 9.17) is 9.57 Å². The van der Waals surface area contributed by atoms with Crippen LogP contribution in [0.1, 0.15) is 28.2 Å². The lowest BCUT2D eigenvalue weighted by molar-refractivity contribution is -0.137. The molecule has 0 saturated heterocycles. The number of rotatable bonds is 5. The van der Waals surface area contributed by atoms with Gasteiger partial charge in [0.25, 0.3) is 0 Å². The van der Waals surface area contributed by atoms with Gasteiger partial charge in [-0.15, -0.1) is 0 Å². The molecular formula is C23H20BrF3N4O2. The molecule has 1 aliphatic rings. The predicted octanol–water partition coefficient (Wildman–Crippen LogP) is 5.56. The summed E-state index contributed by atoms with van der Waals surface area (Å²) < 4.78 is 46.0. The number of nitrogens with zero attached hydrogens (tertiary/aromatic N) is 3. The Bertz CT molecular complexity index is 1200. The Morgan fingerprint density at radius 3 is 2.76 bits per heavy atom. The Labute approximate surface area is 197 Å². The molecule has 0 fully saturated rings. The van der Waals surface area contributed by atoms with Crippen molar-refractivity contribution in [1.29, 1.82) is 0 Å². The highest BCUT2D eigenvalue weighted by molar-refractivity contribution is 9.10. The second-order valence-electron chi connectivity index (χ2n) is 7.61. The van der Waals surface area contributed by atoms with E-state index in [1.54, 1.807) is 6.92 Å². The standard InChI is InChI=1S/C23H20BrF3N4O2/c1-13-8-17(24)7-6-15(13)9-18-12-32-31-22(30-18)21-20(11-28-14(2)29-21)33-19-5-3-4-16(10-19)23(25,26)27/h3-8,10-11,18H,9,12H2,1-2H3,(H,30,31). The van der Waals surface area contributed by atoms with Gasteiger partial charge in [-0.3, -0.25) is 0 Å². The summed E-state index contributed by atoms with van der Waals surface area (Å²) in [6.07, 6.45) is -2.39. The number of nitrogens with one attached hydrogen (secondary N) is 1. The van der Waals surface area contributed by atoms with E-state index < -0.39 is 11.7 Å². The molecule has 3 aromatic rings. The second kappa shape index (κ2) is 9.38. The first-order valence-corrected chi connectivity index (χ1v) is 10.9. The van der Waals surface area contributed by atoms with Crippen LogP contribution in [0.2, 0.25) is 0 Å². The van der Waals surface area contributed by atoms with E-state index in [9.17, 15) is 13.2 Å². The molecule has 6 nitrogen and oxygen atoms in total. The largest absolute Gasteiger partial charge is 0.453 e. The molecule has 1 aliphatic heterocycles. The smallest absolute Gasteiger partial charge is 0.416 e. The Kier molecular flexibility index (Phi) is 6.55. The molecule has 1 aromatic heterocycles. The highest BCUT2D eigenvalue weighted by Crippen LogP contribution is 2.33. The van der Waals surface area contributed by atoms with Crippen LogP contribution < -0.4 is 10.1 Å². The molecule has 10 heteroatoms. The summed E-state index contributed by atoms with van der Waals surface area (Å²) in [6.45, 7) is 4.09. The van der Waals surface area contributed by atoms with Crippen LogP contribution >= 0.6 is 15.9 Å². The Morgan fingerprint density at radius 2 is 2.00 bits per heavy atom. The number of benzene rings is 2. The molecular weight excluding hydrogens is 501 g/mol. The third-order valence-electron chi connectivity index (χ3n) is 5.03. The van der Waals surface area contributed by atoms with Crippen LogP contribution in [-0.2, 0) is 17.4 Å². The molecule has 2 heterocycles. The summed E-state index contributed by atoms with van der Waals surface area (Å²) >= 11 is 3.47. The fraction of sp³-hybridized carbons (Fsp3) is 0.261. The summed E-state index contributed by atoms with van der Waals surface area (Å²) in [7, 11) is 0. The number of aryl methyl sites for hydroxylation is 2. The lowest BCUT2D eigenvalue weighted by atomic mass is 10.0. The minimum atomic E-state index is -4.48. The minimum Gasteiger partial charge on any atom is -0.453 e. The van der Waals surface area contributed by atoms with E-state index >= 15 is 0 Å². The maximum absolute atomic E-state index is 13.1. The van der Waals surface area contributed by atoms with Gasteiger partial charge in [0.05, 0.1) is 17.8 Å². The first-order valence-electron chi connectivity index (χ1n) is 10.1. The van der Waals surface area contributed by atoms with Crippen LogP contribution in [0.25, 0.3) is 0 Å². The van der Waals surface area contributed by atoms with Gasteiger partial charge in [-0.25, -0.2) is 9.97 Å². The number of alkyl halides is 3. The monoisotopic (exact) mass is 520 g/mol. The van der Waals surface area contributed by atoms with Crippen molar-refractivity contribution >= 4 is 21.8 Å². The van der Waals surface area contributed by atoms with Crippen LogP contribution in [0.15, 0.2) is 58.3 Å². The van der Waals surface area contributed by atoms with Gasteiger partial charge in [-0.05, 0) is 61.7 Å². The quantitative estimate of drug-likeness (QED) is 0.477. The number of hydrogen-bond acceptors (Lipinski definition) is 6. The molecule has 0 radical (unpaired) electrons. The Hall–Kier alpha value is -3.14. The fourth-order valence-electron chi connectivity index (χ4n) is 3.39. The lowest BCUT2D eigenvalue weighted by Crippen LogP contribution is -2.44. The number of ether oxygens (including phenoxy) is 1. The molecule has 172 valence electrons. The normalized spacial score (nSPS) is 15.9. The molecule has 1 atom stereocenters. The summed E-state index contributed by atoms with van der Waals surface area (Å²) in [5.41, 5.74) is 1.79. The van der Waals surface area contributed by atoms with E-state index in [0.29, 0.717) is 30.4 Å². The van der Waals surface area contributed by atoms with E-state index in [1.807, 2.05) is 25.1 Å². The van der Waals surface area contributed by atoms with Crippen LogP contribution in [0, 0.1) is 13.8 Å². The molecule has 33 heavy (non-hydrogen) atoms. The molecule has 1 unspecified atom stereocenters. The highest BCUT2D eigenvalue weighted by Gasteiger charge is 2.31. The molecule has 1 N–H and O–H groups in total. The fourth-order valence-corrected chi connectivity index (χ4v) is 3.87. The summed E-state index contributed by atoms with van der Waals surface area (Å²) in [6, 6.07) is 10.6. The molecule has 0 amide bonds. The molecule has 0 spiro atoms. The zero-order chi connectivity index (χ0) is 23.6. The Morgan fingerprint density at radius 1 is 1.18 bits per heavy atom. The summed E-state index contributed by atoms with van der Waals surface area (Å²) in [5.74, 6) is 0.957. The van der Waals surface area contributed by atoms with Crippen molar-refractivity contribution in [3.8, 4) is 11.5 Å². The van der Waals surface area contributed by atoms with Crippen LogP contribution in [0.4, 0.5) is 13.2 Å². The van der Waals surface area contributed by atoms with E-state index in [-0.39, 0.29) is 17.5 Å². The van der Waals surface area contributed by atoms with Crippen molar-refractivity contribution < 1.29 is 22.7 Å². The minimum absolute atomic E-state index is 0.0119. The van der Waals surface area contributed by atoms with E-state index in [1.165, 1.54) is 18.3 Å². The van der Waals surface area contributed by atoms with Crippen molar-refractivity contribution in [1.82, 2.24) is 15.3 Å². The van der Waals surface area contributed by atoms with Crippen molar-refractivity contribution in [3.63, 3.8) is 0 Å². The Balaban J connectivity index is 1.58. The molecule has 0 saturated carbocycles. The lowest BCUT2D eigenvalue weighted by Gasteiger charge is -2.25. The van der Waals surface area contributed by atoms with E-state index in [0.717, 1.165) is 27.7 Å². The zero-order valence-electron chi connectivity index (χ0n) is 17.8. The molecule has 4 rings (SSSR count). The first-order chi connectivity index (χ1) is 15.7. The van der Waals surface area contributed by atoms with Gasteiger partial charge in [0, 0.05) is 4.47 Å². The maximum Gasteiger partial charge on any atom is 0.416 e. The van der Waals surface area contributed by atoms with Crippen molar-refractivity contribution in [2.24, 2.45) is 5.16 Å². The van der Waals surface area contributed by atoms with Gasteiger partial charge in [-0.2, -0.15) is 13.2 Å².